The number of carbonyl (C=O) groups excluding carboxylic acids is 1. The van der Waals surface area contributed by atoms with Gasteiger partial charge in [-0.15, -0.1) is 0 Å². The first-order valence-electron chi connectivity index (χ1n) is 11.0. The number of carbonyl (C=O) groups is 1. The lowest BCUT2D eigenvalue weighted by atomic mass is 10.0. The van der Waals surface area contributed by atoms with Gasteiger partial charge in [0, 0.05) is 44.0 Å². The van der Waals surface area contributed by atoms with E-state index in [2.05, 4.69) is 5.32 Å². The Morgan fingerprint density at radius 1 is 1.12 bits per heavy atom. The van der Waals surface area contributed by atoms with Crippen LogP contribution in [0.2, 0.25) is 0 Å². The number of amides is 1. The molecule has 0 bridgehead atoms. The molecule has 1 amide bonds. The fourth-order valence-corrected chi connectivity index (χ4v) is 4.39. The standard InChI is InChI=1S/C26H31N3O3S/c1-18-12-13-21(15-19(18)2)27-24(30)11-8-14-33-26-28-23(17-32-4)22(25(31)29(26)3)16-20-9-6-5-7-10-20/h5-7,9-10,12-13,15H,8,11,14,16-17H2,1-4H3,(H,27,30). The van der Waals surface area contributed by atoms with Crippen molar-refractivity contribution in [3.8, 4) is 0 Å². The highest BCUT2D eigenvalue weighted by molar-refractivity contribution is 7.99. The number of hydrogen-bond donors (Lipinski definition) is 1. The van der Waals surface area contributed by atoms with Crippen molar-refractivity contribution in [2.75, 3.05) is 18.2 Å². The molecule has 3 rings (SSSR count). The lowest BCUT2D eigenvalue weighted by Gasteiger charge is -2.14. The van der Waals surface area contributed by atoms with E-state index in [0.29, 0.717) is 41.4 Å². The summed E-state index contributed by atoms with van der Waals surface area (Å²) >= 11 is 1.49. The maximum atomic E-state index is 13.1. The lowest BCUT2D eigenvalue weighted by molar-refractivity contribution is -0.116. The van der Waals surface area contributed by atoms with Crippen LogP contribution in [0.15, 0.2) is 58.5 Å². The average Bonchev–Trinajstić information content (AvgIpc) is 2.80. The van der Waals surface area contributed by atoms with Crippen LogP contribution in [0.3, 0.4) is 0 Å². The summed E-state index contributed by atoms with van der Waals surface area (Å²) in [5.74, 6) is 0.671. The second-order valence-electron chi connectivity index (χ2n) is 8.08. The molecule has 0 aliphatic rings. The van der Waals surface area contributed by atoms with Crippen molar-refractivity contribution in [3.63, 3.8) is 0 Å². The molecule has 0 spiro atoms. The van der Waals surface area contributed by atoms with Crippen molar-refractivity contribution in [1.82, 2.24) is 9.55 Å². The number of rotatable bonds is 10. The third kappa shape index (κ3) is 6.79. The molecule has 0 fully saturated rings. The van der Waals surface area contributed by atoms with E-state index in [1.807, 2.05) is 62.4 Å². The zero-order valence-electron chi connectivity index (χ0n) is 19.7. The number of methoxy groups -OCH3 is 1. The summed E-state index contributed by atoms with van der Waals surface area (Å²) in [5, 5.41) is 3.59. The summed E-state index contributed by atoms with van der Waals surface area (Å²) < 4.78 is 6.91. The van der Waals surface area contributed by atoms with E-state index in [4.69, 9.17) is 9.72 Å². The molecule has 1 heterocycles. The summed E-state index contributed by atoms with van der Waals surface area (Å²) in [5.41, 5.74) is 5.49. The predicted octanol–water partition coefficient (Wildman–Crippen LogP) is 4.65. The Bertz CT molecular complexity index is 1160. The summed E-state index contributed by atoms with van der Waals surface area (Å²) in [4.78, 5) is 30.1. The highest BCUT2D eigenvalue weighted by Gasteiger charge is 2.16. The smallest absolute Gasteiger partial charge is 0.257 e. The number of benzene rings is 2. The molecule has 33 heavy (non-hydrogen) atoms. The summed E-state index contributed by atoms with van der Waals surface area (Å²) in [6.45, 7) is 4.36. The maximum absolute atomic E-state index is 13.1. The monoisotopic (exact) mass is 465 g/mol. The molecular weight excluding hydrogens is 434 g/mol. The van der Waals surface area contributed by atoms with Gasteiger partial charge in [0.2, 0.25) is 5.91 Å². The molecular formula is C26H31N3O3S. The van der Waals surface area contributed by atoms with E-state index in [0.717, 1.165) is 16.8 Å². The van der Waals surface area contributed by atoms with Crippen molar-refractivity contribution in [2.45, 2.75) is 44.9 Å². The first kappa shape index (κ1) is 24.7. The van der Waals surface area contributed by atoms with Gasteiger partial charge in [-0.25, -0.2) is 4.98 Å². The summed E-state index contributed by atoms with van der Waals surface area (Å²) in [7, 11) is 3.35. The van der Waals surface area contributed by atoms with Gasteiger partial charge in [-0.05, 0) is 49.1 Å². The molecule has 3 aromatic rings. The Labute approximate surface area is 199 Å². The molecule has 0 saturated carbocycles. The first-order valence-corrected chi connectivity index (χ1v) is 12.0. The highest BCUT2D eigenvalue weighted by atomic mass is 32.2. The van der Waals surface area contributed by atoms with E-state index < -0.39 is 0 Å². The van der Waals surface area contributed by atoms with Gasteiger partial charge in [0.1, 0.15) is 0 Å². The molecule has 2 aromatic carbocycles. The molecule has 0 saturated heterocycles. The van der Waals surface area contributed by atoms with Crippen LogP contribution in [-0.4, -0.2) is 28.3 Å². The minimum atomic E-state index is -0.0594. The van der Waals surface area contributed by atoms with Crippen molar-refractivity contribution in [3.05, 3.63) is 86.8 Å². The van der Waals surface area contributed by atoms with Crippen molar-refractivity contribution in [2.24, 2.45) is 7.05 Å². The Kier molecular flexibility index (Phi) is 8.86. The van der Waals surface area contributed by atoms with Gasteiger partial charge >= 0.3 is 0 Å². The normalized spacial score (nSPS) is 10.9. The molecule has 0 aliphatic heterocycles. The fraction of sp³-hybridized carbons (Fsp3) is 0.346. The number of aryl methyl sites for hydroxylation is 2. The molecule has 0 atom stereocenters. The summed E-state index contributed by atoms with van der Waals surface area (Å²) in [6, 6.07) is 15.8. The maximum Gasteiger partial charge on any atom is 0.257 e. The van der Waals surface area contributed by atoms with Gasteiger partial charge < -0.3 is 10.1 Å². The van der Waals surface area contributed by atoms with Crippen LogP contribution in [0.25, 0.3) is 0 Å². The topological polar surface area (TPSA) is 73.2 Å². The minimum Gasteiger partial charge on any atom is -0.378 e. The predicted molar refractivity (Wildman–Crippen MR) is 134 cm³/mol. The van der Waals surface area contributed by atoms with Crippen molar-refractivity contribution < 1.29 is 9.53 Å². The van der Waals surface area contributed by atoms with Gasteiger partial charge in [-0.2, -0.15) is 0 Å². The number of nitrogens with zero attached hydrogens (tertiary/aromatic N) is 2. The third-order valence-electron chi connectivity index (χ3n) is 5.50. The van der Waals surface area contributed by atoms with E-state index in [-0.39, 0.29) is 18.1 Å². The number of aromatic nitrogens is 2. The van der Waals surface area contributed by atoms with Gasteiger partial charge in [-0.3, -0.25) is 14.2 Å². The highest BCUT2D eigenvalue weighted by Crippen LogP contribution is 2.20. The molecule has 0 radical (unpaired) electrons. The lowest BCUT2D eigenvalue weighted by Crippen LogP contribution is -2.27. The molecule has 0 aliphatic carbocycles. The van der Waals surface area contributed by atoms with Crippen LogP contribution < -0.4 is 10.9 Å². The largest absolute Gasteiger partial charge is 0.378 e. The quantitative estimate of drug-likeness (QED) is 0.268. The average molecular weight is 466 g/mol. The number of nitrogens with one attached hydrogen (secondary N) is 1. The molecule has 174 valence electrons. The number of thioether (sulfide) groups is 1. The van der Waals surface area contributed by atoms with E-state index in [9.17, 15) is 9.59 Å². The second-order valence-corrected chi connectivity index (χ2v) is 9.14. The van der Waals surface area contributed by atoms with Crippen molar-refractivity contribution in [1.29, 1.82) is 0 Å². The SMILES string of the molecule is COCc1nc(SCCCC(=O)Nc2ccc(C)c(C)c2)n(C)c(=O)c1Cc1ccccc1. The van der Waals surface area contributed by atoms with Crippen molar-refractivity contribution >= 4 is 23.4 Å². The number of hydrogen-bond acceptors (Lipinski definition) is 5. The molecule has 1 N–H and O–H groups in total. The van der Waals surface area contributed by atoms with Crippen LogP contribution in [0.5, 0.6) is 0 Å². The van der Waals surface area contributed by atoms with Gasteiger partial charge in [0.15, 0.2) is 5.16 Å². The molecule has 7 heteroatoms. The Morgan fingerprint density at radius 3 is 2.58 bits per heavy atom. The van der Waals surface area contributed by atoms with Crippen LogP contribution in [0.1, 0.15) is 40.8 Å². The zero-order chi connectivity index (χ0) is 23.8. The minimum absolute atomic E-state index is 0.0148. The van der Waals surface area contributed by atoms with Crippen LogP contribution >= 0.6 is 11.8 Å². The van der Waals surface area contributed by atoms with Crippen LogP contribution in [-0.2, 0) is 29.6 Å². The molecule has 1 aromatic heterocycles. The summed E-state index contributed by atoms with van der Waals surface area (Å²) in [6.07, 6.45) is 1.61. The van der Waals surface area contributed by atoms with Gasteiger partial charge in [0.25, 0.3) is 5.56 Å². The Morgan fingerprint density at radius 2 is 1.88 bits per heavy atom. The molecule has 6 nitrogen and oxygen atoms in total. The van der Waals surface area contributed by atoms with Crippen LogP contribution in [0, 0.1) is 13.8 Å². The van der Waals surface area contributed by atoms with Gasteiger partial charge in [0.05, 0.1) is 12.3 Å². The number of ether oxygens (including phenoxy) is 1. The van der Waals surface area contributed by atoms with E-state index in [1.54, 1.807) is 18.7 Å². The van der Waals surface area contributed by atoms with Gasteiger partial charge in [-0.1, -0.05) is 48.2 Å². The zero-order valence-corrected chi connectivity index (χ0v) is 20.5. The third-order valence-corrected chi connectivity index (χ3v) is 6.62. The molecule has 0 unspecified atom stereocenters. The first-order chi connectivity index (χ1) is 15.9. The second kappa shape index (κ2) is 11.8. The van der Waals surface area contributed by atoms with E-state index >= 15 is 0 Å². The Balaban J connectivity index is 1.61. The van der Waals surface area contributed by atoms with E-state index in [1.165, 1.54) is 17.3 Å². The number of anilines is 1. The fourth-order valence-electron chi connectivity index (χ4n) is 3.47. The van der Waals surface area contributed by atoms with Crippen LogP contribution in [0.4, 0.5) is 5.69 Å². The Hall–Kier alpha value is -2.90.